The van der Waals surface area contributed by atoms with E-state index in [4.69, 9.17) is 15.2 Å². The largest absolute Gasteiger partial charge is 0.497 e. The summed E-state index contributed by atoms with van der Waals surface area (Å²) in [5, 5.41) is 1.34. The van der Waals surface area contributed by atoms with Crippen LogP contribution in [0, 0.1) is 17.8 Å². The standard InChI is InChI=1S/C32H31N3O4/c1-21(33)28-17-24-9-7-8-23(31(24)32(37)35(28)26-10-5-4-6-11-26)13-12-22-16-30(36)34(19-22)20-25-14-15-27(38-2)18-29(25)39-3/h4-11,14-15,17-18,21-22H,16,19-20,33H2,1-3H3/t21-,22?/m0/s1. The first-order valence-corrected chi connectivity index (χ1v) is 12.9. The molecule has 0 saturated carbocycles. The average Bonchev–Trinajstić information content (AvgIpc) is 3.30. The highest BCUT2D eigenvalue weighted by molar-refractivity contribution is 5.88. The highest BCUT2D eigenvalue weighted by Crippen LogP contribution is 2.28. The molecular formula is C32H31N3O4. The number of hydrogen-bond acceptors (Lipinski definition) is 5. The second kappa shape index (κ2) is 11.1. The number of aromatic nitrogens is 1. The van der Waals surface area contributed by atoms with Gasteiger partial charge in [0.25, 0.3) is 5.56 Å². The lowest BCUT2D eigenvalue weighted by atomic mass is 10.0. The van der Waals surface area contributed by atoms with Crippen molar-refractivity contribution in [2.45, 2.75) is 25.9 Å². The monoisotopic (exact) mass is 521 g/mol. The van der Waals surface area contributed by atoms with Crippen molar-refractivity contribution < 1.29 is 14.3 Å². The first-order valence-electron chi connectivity index (χ1n) is 12.9. The van der Waals surface area contributed by atoms with Crippen LogP contribution in [0.4, 0.5) is 0 Å². The quantitative estimate of drug-likeness (QED) is 0.380. The van der Waals surface area contributed by atoms with Crippen LogP contribution >= 0.6 is 0 Å². The molecule has 7 nitrogen and oxygen atoms in total. The van der Waals surface area contributed by atoms with E-state index < -0.39 is 0 Å². The van der Waals surface area contributed by atoms with Crippen molar-refractivity contribution in [1.82, 2.24) is 9.47 Å². The van der Waals surface area contributed by atoms with Gasteiger partial charge in [0.15, 0.2) is 0 Å². The van der Waals surface area contributed by atoms with Crippen molar-refractivity contribution in [2.24, 2.45) is 11.7 Å². The van der Waals surface area contributed by atoms with Gasteiger partial charge in [-0.15, -0.1) is 0 Å². The number of nitrogens with zero attached hydrogens (tertiary/aromatic N) is 2. The van der Waals surface area contributed by atoms with Crippen molar-refractivity contribution in [3.05, 3.63) is 100.0 Å². The molecule has 1 aliphatic rings. The van der Waals surface area contributed by atoms with Crippen molar-refractivity contribution in [2.75, 3.05) is 20.8 Å². The Labute approximate surface area is 227 Å². The predicted octanol–water partition coefficient (Wildman–Crippen LogP) is 4.43. The molecule has 0 radical (unpaired) electrons. The van der Waals surface area contributed by atoms with Gasteiger partial charge in [-0.1, -0.05) is 42.2 Å². The van der Waals surface area contributed by atoms with E-state index in [1.165, 1.54) is 0 Å². The summed E-state index contributed by atoms with van der Waals surface area (Å²) in [5.41, 5.74) is 9.14. The minimum Gasteiger partial charge on any atom is -0.497 e. The van der Waals surface area contributed by atoms with Gasteiger partial charge in [0.1, 0.15) is 11.5 Å². The Hall–Kier alpha value is -4.54. The Morgan fingerprint density at radius 3 is 2.51 bits per heavy atom. The van der Waals surface area contributed by atoms with Crippen molar-refractivity contribution >= 4 is 16.7 Å². The van der Waals surface area contributed by atoms with Gasteiger partial charge < -0.3 is 20.1 Å². The number of benzene rings is 3. The summed E-state index contributed by atoms with van der Waals surface area (Å²) in [5.74, 6) is 7.76. The summed E-state index contributed by atoms with van der Waals surface area (Å²) in [6, 6.07) is 22.4. The molecule has 1 aliphatic heterocycles. The number of methoxy groups -OCH3 is 2. The van der Waals surface area contributed by atoms with E-state index in [-0.39, 0.29) is 23.4 Å². The van der Waals surface area contributed by atoms with Crippen LogP contribution in [0.2, 0.25) is 0 Å². The first kappa shape index (κ1) is 26.1. The van der Waals surface area contributed by atoms with Gasteiger partial charge in [-0.05, 0) is 48.7 Å². The van der Waals surface area contributed by atoms with Crippen LogP contribution in [0.1, 0.15) is 36.2 Å². The number of nitrogens with two attached hydrogens (primary N) is 1. The number of para-hydroxylation sites is 1. The molecule has 5 rings (SSSR count). The van der Waals surface area contributed by atoms with Crippen LogP contribution in [0.15, 0.2) is 77.6 Å². The second-order valence-corrected chi connectivity index (χ2v) is 9.73. The third-order valence-corrected chi connectivity index (χ3v) is 7.04. The van der Waals surface area contributed by atoms with Crippen LogP contribution in [-0.4, -0.2) is 36.1 Å². The summed E-state index contributed by atoms with van der Waals surface area (Å²) < 4.78 is 12.4. The molecule has 0 aliphatic carbocycles. The summed E-state index contributed by atoms with van der Waals surface area (Å²) in [7, 11) is 3.21. The van der Waals surface area contributed by atoms with E-state index in [2.05, 4.69) is 11.8 Å². The number of likely N-dealkylation sites (tertiary alicyclic amines) is 1. The Bertz CT molecular complexity index is 1650. The minimum atomic E-state index is -0.336. The molecule has 2 N–H and O–H groups in total. The summed E-state index contributed by atoms with van der Waals surface area (Å²) in [6.07, 6.45) is 0.333. The first-order chi connectivity index (χ1) is 18.9. The topological polar surface area (TPSA) is 86.8 Å². The molecule has 1 saturated heterocycles. The van der Waals surface area contributed by atoms with E-state index in [9.17, 15) is 9.59 Å². The number of hydrogen-bond donors (Lipinski definition) is 1. The number of carbonyl (C=O) groups excluding carboxylic acids is 1. The third-order valence-electron chi connectivity index (χ3n) is 7.04. The zero-order valence-corrected chi connectivity index (χ0v) is 22.3. The van der Waals surface area contributed by atoms with Crippen LogP contribution in [0.5, 0.6) is 11.5 Å². The summed E-state index contributed by atoms with van der Waals surface area (Å²) in [6.45, 7) is 2.81. The van der Waals surface area contributed by atoms with E-state index >= 15 is 0 Å². The zero-order chi connectivity index (χ0) is 27.5. The molecule has 198 valence electrons. The van der Waals surface area contributed by atoms with Crippen molar-refractivity contribution in [1.29, 1.82) is 0 Å². The molecule has 3 aromatic carbocycles. The molecule has 1 amide bonds. The minimum absolute atomic E-state index is 0.0399. The van der Waals surface area contributed by atoms with Gasteiger partial charge >= 0.3 is 0 Å². The van der Waals surface area contributed by atoms with Gasteiger partial charge in [-0.25, -0.2) is 0 Å². The van der Waals surface area contributed by atoms with E-state index in [0.29, 0.717) is 42.0 Å². The fourth-order valence-electron chi connectivity index (χ4n) is 5.05. The van der Waals surface area contributed by atoms with Gasteiger partial charge in [-0.2, -0.15) is 0 Å². The molecule has 0 spiro atoms. The zero-order valence-electron chi connectivity index (χ0n) is 22.3. The highest BCUT2D eigenvalue weighted by Gasteiger charge is 2.29. The van der Waals surface area contributed by atoms with Crippen molar-refractivity contribution in [3.63, 3.8) is 0 Å². The number of fused-ring (bicyclic) bond motifs is 1. The maximum absolute atomic E-state index is 13.8. The van der Waals surface area contributed by atoms with Gasteiger partial charge in [0.2, 0.25) is 5.91 Å². The molecule has 0 bridgehead atoms. The molecule has 2 atom stereocenters. The Kier molecular flexibility index (Phi) is 7.40. The number of pyridine rings is 1. The molecule has 7 heteroatoms. The Morgan fingerprint density at radius 1 is 1.00 bits per heavy atom. The van der Waals surface area contributed by atoms with Crippen LogP contribution in [-0.2, 0) is 11.3 Å². The SMILES string of the molecule is COc1ccc(CN2CC(C#Cc3cccc4cc([C@H](C)N)n(-c5ccccc5)c(=O)c34)CC2=O)c(OC)c1. The molecule has 2 heterocycles. The average molecular weight is 522 g/mol. The molecule has 1 aromatic heterocycles. The van der Waals surface area contributed by atoms with Crippen LogP contribution in [0.25, 0.3) is 16.5 Å². The molecule has 1 unspecified atom stereocenters. The second-order valence-electron chi connectivity index (χ2n) is 9.73. The fraction of sp³-hybridized carbons (Fsp3) is 0.250. The Morgan fingerprint density at radius 2 is 1.79 bits per heavy atom. The van der Waals surface area contributed by atoms with Crippen LogP contribution < -0.4 is 20.8 Å². The number of ether oxygens (including phenoxy) is 2. The summed E-state index contributed by atoms with van der Waals surface area (Å²) in [4.78, 5) is 28.5. The number of rotatable bonds is 6. The fourth-order valence-corrected chi connectivity index (χ4v) is 5.05. The smallest absolute Gasteiger partial charge is 0.264 e. The molecular weight excluding hydrogens is 490 g/mol. The normalized spacial score (nSPS) is 15.6. The lowest BCUT2D eigenvalue weighted by molar-refractivity contribution is -0.128. The lowest BCUT2D eigenvalue weighted by Crippen LogP contribution is -2.26. The molecule has 1 fully saturated rings. The van der Waals surface area contributed by atoms with Gasteiger partial charge in [0, 0.05) is 60.0 Å². The maximum atomic E-state index is 13.8. The number of carbonyl (C=O) groups is 1. The van der Waals surface area contributed by atoms with Crippen LogP contribution in [0.3, 0.4) is 0 Å². The van der Waals surface area contributed by atoms with Gasteiger partial charge in [0.05, 0.1) is 19.6 Å². The van der Waals surface area contributed by atoms with Gasteiger partial charge in [-0.3, -0.25) is 14.2 Å². The van der Waals surface area contributed by atoms with E-state index in [1.807, 2.05) is 79.7 Å². The van der Waals surface area contributed by atoms with Crippen molar-refractivity contribution in [3.8, 4) is 29.0 Å². The van der Waals surface area contributed by atoms with E-state index in [0.717, 1.165) is 22.3 Å². The highest BCUT2D eigenvalue weighted by atomic mass is 16.5. The van der Waals surface area contributed by atoms with E-state index in [1.54, 1.807) is 23.7 Å². The maximum Gasteiger partial charge on any atom is 0.264 e. The number of amides is 1. The predicted molar refractivity (Wildman–Crippen MR) is 152 cm³/mol. The lowest BCUT2D eigenvalue weighted by Gasteiger charge is -2.18. The third kappa shape index (κ3) is 5.25. The Balaban J connectivity index is 1.46. The molecule has 39 heavy (non-hydrogen) atoms. The molecule has 4 aromatic rings. The summed E-state index contributed by atoms with van der Waals surface area (Å²) >= 11 is 0.